The highest BCUT2D eigenvalue weighted by Gasteiger charge is 2.27. The fraction of sp³-hybridized carbons (Fsp3) is 0.300. The Morgan fingerprint density at radius 3 is 2.56 bits per heavy atom. The molecule has 0 aliphatic carbocycles. The molecule has 0 aromatic heterocycles. The molecule has 0 saturated heterocycles. The number of aromatic carboxylic acids is 1. The lowest BCUT2D eigenvalue weighted by Gasteiger charge is -2.08. The summed E-state index contributed by atoms with van der Waals surface area (Å²) in [4.78, 5) is 14.6. The molecule has 0 spiro atoms. The number of halogens is 4. The summed E-state index contributed by atoms with van der Waals surface area (Å²) in [5, 5.41) is 8.55. The Morgan fingerprint density at radius 2 is 2.06 bits per heavy atom. The first-order valence-electron chi connectivity index (χ1n) is 4.73. The Labute approximate surface area is 99.1 Å². The molecule has 0 bridgehead atoms. The normalized spacial score (nSPS) is 11.6. The largest absolute Gasteiger partial charge is 0.478 e. The number of alkyl halides is 3. The zero-order chi connectivity index (χ0) is 13.8. The van der Waals surface area contributed by atoms with E-state index in [1.54, 1.807) is 0 Å². The minimum Gasteiger partial charge on any atom is -0.478 e. The van der Waals surface area contributed by atoms with Gasteiger partial charge < -0.3 is 5.11 Å². The van der Waals surface area contributed by atoms with Crippen LogP contribution in [-0.2, 0) is 11.4 Å². The van der Waals surface area contributed by atoms with Gasteiger partial charge in [0, 0.05) is 6.54 Å². The van der Waals surface area contributed by atoms with Crippen molar-refractivity contribution in [1.29, 1.82) is 0 Å². The first-order valence-corrected chi connectivity index (χ1v) is 4.73. The van der Waals surface area contributed by atoms with Crippen molar-refractivity contribution in [3.63, 3.8) is 0 Å². The molecule has 100 valence electrons. The van der Waals surface area contributed by atoms with Crippen LogP contribution in [0.2, 0.25) is 0 Å². The third-order valence-corrected chi connectivity index (χ3v) is 1.88. The monoisotopic (exact) mass is 267 g/mol. The topological polar surface area (TPSA) is 58.6 Å². The van der Waals surface area contributed by atoms with Gasteiger partial charge in [0.05, 0.1) is 5.56 Å². The van der Waals surface area contributed by atoms with E-state index in [1.165, 1.54) is 6.07 Å². The van der Waals surface area contributed by atoms with Crippen molar-refractivity contribution >= 4 is 5.97 Å². The van der Waals surface area contributed by atoms with Gasteiger partial charge in [-0.2, -0.15) is 18.7 Å². The van der Waals surface area contributed by atoms with E-state index >= 15 is 0 Å². The molecule has 0 heterocycles. The van der Waals surface area contributed by atoms with E-state index in [9.17, 15) is 22.4 Å². The van der Waals surface area contributed by atoms with Crippen LogP contribution in [0.1, 0.15) is 15.9 Å². The summed E-state index contributed by atoms with van der Waals surface area (Å²) < 4.78 is 48.3. The van der Waals surface area contributed by atoms with Crippen LogP contribution in [-0.4, -0.2) is 23.9 Å². The maximum absolute atomic E-state index is 13.2. The number of carboxylic acids is 1. The van der Waals surface area contributed by atoms with Gasteiger partial charge in [0.1, 0.15) is 5.82 Å². The van der Waals surface area contributed by atoms with Crippen molar-refractivity contribution in [2.45, 2.75) is 12.7 Å². The Balaban J connectivity index is 2.49. The molecule has 0 saturated carbocycles. The maximum atomic E-state index is 13.2. The molecule has 0 aliphatic heterocycles. The number of hydrogen-bond acceptors (Lipinski definition) is 3. The van der Waals surface area contributed by atoms with Crippen molar-refractivity contribution in [1.82, 2.24) is 5.48 Å². The fourth-order valence-electron chi connectivity index (χ4n) is 1.11. The molecular formula is C10H9F4NO3. The van der Waals surface area contributed by atoms with Gasteiger partial charge in [-0.05, 0) is 17.7 Å². The van der Waals surface area contributed by atoms with Crippen molar-refractivity contribution in [2.75, 3.05) is 6.61 Å². The predicted molar refractivity (Wildman–Crippen MR) is 52.2 cm³/mol. The highest BCUT2D eigenvalue weighted by Crippen LogP contribution is 2.14. The lowest BCUT2D eigenvalue weighted by atomic mass is 10.1. The first-order chi connectivity index (χ1) is 8.29. The molecule has 1 aromatic carbocycles. The zero-order valence-corrected chi connectivity index (χ0v) is 8.92. The van der Waals surface area contributed by atoms with Crippen LogP contribution in [0, 0.1) is 5.82 Å². The summed E-state index contributed by atoms with van der Waals surface area (Å²) in [6.07, 6.45) is -4.45. The van der Waals surface area contributed by atoms with Crippen LogP contribution in [0.15, 0.2) is 18.2 Å². The molecule has 1 rings (SSSR count). The molecule has 0 radical (unpaired) electrons. The second-order valence-electron chi connectivity index (χ2n) is 3.34. The molecule has 1 aromatic rings. The molecular weight excluding hydrogens is 258 g/mol. The van der Waals surface area contributed by atoms with E-state index in [0.717, 1.165) is 12.1 Å². The zero-order valence-electron chi connectivity index (χ0n) is 8.92. The third kappa shape index (κ3) is 4.68. The van der Waals surface area contributed by atoms with Gasteiger partial charge in [0.2, 0.25) is 0 Å². The quantitative estimate of drug-likeness (QED) is 0.487. The third-order valence-electron chi connectivity index (χ3n) is 1.88. The van der Waals surface area contributed by atoms with Crippen molar-refractivity contribution in [2.24, 2.45) is 0 Å². The average Bonchev–Trinajstić information content (AvgIpc) is 2.22. The highest BCUT2D eigenvalue weighted by atomic mass is 19.4. The predicted octanol–water partition coefficient (Wildman–Crippen LogP) is 2.11. The standard InChI is InChI=1S/C10H9F4NO3/c11-8-3-6(1-2-7(8)9(16)17)4-15-18-5-10(12,13)14/h1-3,15H,4-5H2,(H,16,17). The van der Waals surface area contributed by atoms with Gasteiger partial charge in [-0.25, -0.2) is 9.18 Å². The van der Waals surface area contributed by atoms with Crippen LogP contribution in [0.4, 0.5) is 17.6 Å². The number of rotatable bonds is 5. The van der Waals surface area contributed by atoms with Crippen molar-refractivity contribution < 1.29 is 32.3 Å². The van der Waals surface area contributed by atoms with Crippen molar-refractivity contribution in [3.8, 4) is 0 Å². The van der Waals surface area contributed by atoms with E-state index in [1.807, 2.05) is 5.48 Å². The van der Waals surface area contributed by atoms with Crippen LogP contribution < -0.4 is 5.48 Å². The molecule has 4 nitrogen and oxygen atoms in total. The highest BCUT2D eigenvalue weighted by molar-refractivity contribution is 5.87. The fourth-order valence-corrected chi connectivity index (χ4v) is 1.11. The number of hydrogen-bond donors (Lipinski definition) is 2. The van der Waals surface area contributed by atoms with Crippen molar-refractivity contribution in [3.05, 3.63) is 35.1 Å². The van der Waals surface area contributed by atoms with Gasteiger partial charge in [0.25, 0.3) is 0 Å². The second kappa shape index (κ2) is 5.78. The Hall–Kier alpha value is -1.67. The molecule has 0 unspecified atom stereocenters. The number of benzene rings is 1. The Bertz CT molecular complexity index is 434. The SMILES string of the molecule is O=C(O)c1ccc(CNOCC(F)(F)F)cc1F. The van der Waals surface area contributed by atoms with Gasteiger partial charge in [0.15, 0.2) is 6.61 Å². The van der Waals surface area contributed by atoms with E-state index < -0.39 is 30.1 Å². The van der Waals surface area contributed by atoms with Crippen LogP contribution in [0.5, 0.6) is 0 Å². The van der Waals surface area contributed by atoms with E-state index in [4.69, 9.17) is 5.11 Å². The molecule has 2 N–H and O–H groups in total. The lowest BCUT2D eigenvalue weighted by molar-refractivity contribution is -0.190. The minimum absolute atomic E-state index is 0.174. The molecule has 0 aliphatic rings. The van der Waals surface area contributed by atoms with Gasteiger partial charge in [-0.3, -0.25) is 4.84 Å². The molecule has 0 fully saturated rings. The summed E-state index contributed by atoms with van der Waals surface area (Å²) in [5.74, 6) is -2.38. The summed E-state index contributed by atoms with van der Waals surface area (Å²) in [6, 6.07) is 3.21. The summed E-state index contributed by atoms with van der Waals surface area (Å²) in [5.41, 5.74) is 1.76. The van der Waals surface area contributed by atoms with Crippen LogP contribution in [0.3, 0.4) is 0 Å². The van der Waals surface area contributed by atoms with Gasteiger partial charge >= 0.3 is 12.1 Å². The number of carboxylic acid groups (broad SMARTS) is 1. The van der Waals surface area contributed by atoms with E-state index in [2.05, 4.69) is 4.84 Å². The Kier molecular flexibility index (Phi) is 4.62. The summed E-state index contributed by atoms with van der Waals surface area (Å²) in [7, 11) is 0. The van der Waals surface area contributed by atoms with E-state index in [-0.39, 0.29) is 12.1 Å². The van der Waals surface area contributed by atoms with Gasteiger partial charge in [-0.1, -0.05) is 6.07 Å². The first kappa shape index (κ1) is 14.4. The minimum atomic E-state index is -4.45. The molecule has 0 atom stereocenters. The molecule has 18 heavy (non-hydrogen) atoms. The number of carbonyl (C=O) groups is 1. The lowest BCUT2D eigenvalue weighted by Crippen LogP contribution is -2.24. The summed E-state index contributed by atoms with van der Waals surface area (Å²) >= 11 is 0. The van der Waals surface area contributed by atoms with Crippen LogP contribution in [0.25, 0.3) is 0 Å². The smallest absolute Gasteiger partial charge is 0.413 e. The number of nitrogens with one attached hydrogen (secondary N) is 1. The van der Waals surface area contributed by atoms with Crippen LogP contribution >= 0.6 is 0 Å². The van der Waals surface area contributed by atoms with Gasteiger partial charge in [-0.15, -0.1) is 0 Å². The van der Waals surface area contributed by atoms with E-state index in [0.29, 0.717) is 0 Å². The number of hydroxylamine groups is 1. The second-order valence-corrected chi connectivity index (χ2v) is 3.34. The Morgan fingerprint density at radius 1 is 1.39 bits per heavy atom. The molecule has 8 heteroatoms. The average molecular weight is 267 g/mol. The maximum Gasteiger partial charge on any atom is 0.413 e. The summed E-state index contributed by atoms with van der Waals surface area (Å²) in [6.45, 7) is -1.64. The molecule has 0 amide bonds.